The molecule has 1 fully saturated rings. The Balaban J connectivity index is 1.33. The number of piperidine rings is 1. The SMILES string of the molecule is c1ccc2cc(OCCCCCN3CCCCC3)ccc2c1. The summed E-state index contributed by atoms with van der Waals surface area (Å²) in [5, 5.41) is 2.53. The number of nitrogens with zero attached hydrogens (tertiary/aromatic N) is 1. The van der Waals surface area contributed by atoms with Crippen LogP contribution in [-0.4, -0.2) is 31.1 Å². The molecule has 118 valence electrons. The summed E-state index contributed by atoms with van der Waals surface area (Å²) in [5.41, 5.74) is 0. The van der Waals surface area contributed by atoms with Crippen LogP contribution in [0.1, 0.15) is 38.5 Å². The second-order valence-corrected chi connectivity index (χ2v) is 6.32. The van der Waals surface area contributed by atoms with Gasteiger partial charge in [-0.3, -0.25) is 0 Å². The molecule has 0 spiro atoms. The topological polar surface area (TPSA) is 12.5 Å². The van der Waals surface area contributed by atoms with E-state index in [-0.39, 0.29) is 0 Å². The van der Waals surface area contributed by atoms with E-state index in [0.717, 1.165) is 18.8 Å². The van der Waals surface area contributed by atoms with Crippen molar-refractivity contribution in [3.8, 4) is 5.75 Å². The zero-order valence-electron chi connectivity index (χ0n) is 13.5. The highest BCUT2D eigenvalue weighted by atomic mass is 16.5. The summed E-state index contributed by atoms with van der Waals surface area (Å²) in [5.74, 6) is 0.995. The highest BCUT2D eigenvalue weighted by Crippen LogP contribution is 2.20. The normalized spacial score (nSPS) is 16.0. The van der Waals surface area contributed by atoms with Gasteiger partial charge in [0.1, 0.15) is 5.75 Å². The molecule has 1 aliphatic rings. The van der Waals surface area contributed by atoms with Crippen LogP contribution in [0.4, 0.5) is 0 Å². The Hall–Kier alpha value is -1.54. The molecule has 0 aliphatic carbocycles. The molecule has 0 saturated carbocycles. The Morgan fingerprint density at radius 2 is 1.64 bits per heavy atom. The molecule has 2 aromatic rings. The van der Waals surface area contributed by atoms with Gasteiger partial charge >= 0.3 is 0 Å². The van der Waals surface area contributed by atoms with Gasteiger partial charge in [0, 0.05) is 0 Å². The summed E-state index contributed by atoms with van der Waals surface area (Å²) in [4.78, 5) is 2.62. The molecule has 0 atom stereocenters. The van der Waals surface area contributed by atoms with Gasteiger partial charge < -0.3 is 9.64 Å². The lowest BCUT2D eigenvalue weighted by Gasteiger charge is -2.26. The smallest absolute Gasteiger partial charge is 0.119 e. The molecule has 0 aromatic heterocycles. The van der Waals surface area contributed by atoms with Crippen molar-refractivity contribution in [3.63, 3.8) is 0 Å². The minimum absolute atomic E-state index is 0.832. The van der Waals surface area contributed by atoms with E-state index >= 15 is 0 Å². The van der Waals surface area contributed by atoms with Crippen LogP contribution >= 0.6 is 0 Å². The number of hydrogen-bond acceptors (Lipinski definition) is 2. The first kappa shape index (κ1) is 15.4. The molecule has 3 rings (SSSR count). The first-order valence-electron chi connectivity index (χ1n) is 8.76. The molecule has 1 saturated heterocycles. The third kappa shape index (κ3) is 4.48. The van der Waals surface area contributed by atoms with Crippen LogP contribution in [0.15, 0.2) is 42.5 Å². The highest BCUT2D eigenvalue weighted by Gasteiger charge is 2.08. The maximum Gasteiger partial charge on any atom is 0.119 e. The monoisotopic (exact) mass is 297 g/mol. The van der Waals surface area contributed by atoms with Crippen LogP contribution in [0.3, 0.4) is 0 Å². The summed E-state index contributed by atoms with van der Waals surface area (Å²) in [6.45, 7) is 4.73. The Kier molecular flexibility index (Phi) is 5.72. The average Bonchev–Trinajstić information content (AvgIpc) is 2.59. The van der Waals surface area contributed by atoms with Gasteiger partial charge in [0.05, 0.1) is 6.61 Å². The lowest BCUT2D eigenvalue weighted by molar-refractivity contribution is 0.221. The predicted molar refractivity (Wildman–Crippen MR) is 93.6 cm³/mol. The molecule has 0 bridgehead atoms. The highest BCUT2D eigenvalue weighted by molar-refractivity contribution is 5.83. The van der Waals surface area contributed by atoms with E-state index in [0.29, 0.717) is 0 Å². The van der Waals surface area contributed by atoms with Gasteiger partial charge in [-0.15, -0.1) is 0 Å². The first-order valence-corrected chi connectivity index (χ1v) is 8.76. The van der Waals surface area contributed by atoms with E-state index in [1.165, 1.54) is 62.5 Å². The number of ether oxygens (including phenoxy) is 1. The Morgan fingerprint density at radius 3 is 2.50 bits per heavy atom. The standard InChI is InChI=1S/C20H27NO/c1-5-13-21(14-6-1)15-7-2-8-16-22-20-12-11-18-9-3-4-10-19(18)17-20/h3-4,9-12,17H,1-2,5-8,13-16H2. The van der Waals surface area contributed by atoms with Crippen molar-refractivity contribution in [2.75, 3.05) is 26.2 Å². The van der Waals surface area contributed by atoms with E-state index < -0.39 is 0 Å². The molecule has 0 radical (unpaired) electrons. The second kappa shape index (κ2) is 8.19. The van der Waals surface area contributed by atoms with Crippen molar-refractivity contribution < 1.29 is 4.74 Å². The Labute approximate surface area is 134 Å². The van der Waals surface area contributed by atoms with Crippen LogP contribution in [0.5, 0.6) is 5.75 Å². The van der Waals surface area contributed by atoms with Crippen molar-refractivity contribution in [1.82, 2.24) is 4.90 Å². The molecular weight excluding hydrogens is 270 g/mol. The van der Waals surface area contributed by atoms with Gasteiger partial charge in [-0.05, 0) is 74.6 Å². The Morgan fingerprint density at radius 1 is 0.818 bits per heavy atom. The molecule has 1 aliphatic heterocycles. The van der Waals surface area contributed by atoms with Gasteiger partial charge in [-0.1, -0.05) is 36.8 Å². The van der Waals surface area contributed by atoms with Crippen LogP contribution in [0, 0.1) is 0 Å². The second-order valence-electron chi connectivity index (χ2n) is 6.32. The Bertz CT molecular complexity index is 575. The maximum atomic E-state index is 5.89. The third-order valence-corrected chi connectivity index (χ3v) is 4.56. The molecule has 2 aromatic carbocycles. The fourth-order valence-corrected chi connectivity index (χ4v) is 3.24. The zero-order chi connectivity index (χ0) is 15.0. The zero-order valence-corrected chi connectivity index (χ0v) is 13.5. The number of benzene rings is 2. The minimum Gasteiger partial charge on any atom is -0.494 e. The van der Waals surface area contributed by atoms with E-state index in [9.17, 15) is 0 Å². The molecule has 0 amide bonds. The maximum absolute atomic E-state index is 5.89. The fourth-order valence-electron chi connectivity index (χ4n) is 3.24. The van der Waals surface area contributed by atoms with E-state index in [1.54, 1.807) is 0 Å². The van der Waals surface area contributed by atoms with Crippen molar-refractivity contribution in [2.45, 2.75) is 38.5 Å². The van der Waals surface area contributed by atoms with E-state index in [1.807, 2.05) is 0 Å². The lowest BCUT2D eigenvalue weighted by Crippen LogP contribution is -2.30. The van der Waals surface area contributed by atoms with Crippen LogP contribution in [0.2, 0.25) is 0 Å². The van der Waals surface area contributed by atoms with Crippen molar-refractivity contribution in [3.05, 3.63) is 42.5 Å². The van der Waals surface area contributed by atoms with E-state index in [2.05, 4.69) is 47.4 Å². The van der Waals surface area contributed by atoms with Crippen molar-refractivity contribution in [2.24, 2.45) is 0 Å². The quantitative estimate of drug-likeness (QED) is 0.676. The van der Waals surface area contributed by atoms with Gasteiger partial charge in [0.15, 0.2) is 0 Å². The molecule has 1 heterocycles. The van der Waals surface area contributed by atoms with Crippen LogP contribution in [-0.2, 0) is 0 Å². The largest absolute Gasteiger partial charge is 0.494 e. The fraction of sp³-hybridized carbons (Fsp3) is 0.500. The molecule has 2 heteroatoms. The summed E-state index contributed by atoms with van der Waals surface area (Å²) in [6, 6.07) is 14.8. The number of rotatable bonds is 7. The summed E-state index contributed by atoms with van der Waals surface area (Å²) >= 11 is 0. The number of fused-ring (bicyclic) bond motifs is 1. The van der Waals surface area contributed by atoms with Gasteiger partial charge in [0.2, 0.25) is 0 Å². The number of hydrogen-bond donors (Lipinski definition) is 0. The molecule has 0 unspecified atom stereocenters. The van der Waals surface area contributed by atoms with E-state index in [4.69, 9.17) is 4.74 Å². The van der Waals surface area contributed by atoms with Crippen LogP contribution in [0.25, 0.3) is 10.8 Å². The average molecular weight is 297 g/mol. The molecule has 2 nitrogen and oxygen atoms in total. The van der Waals surface area contributed by atoms with Gasteiger partial charge in [0.25, 0.3) is 0 Å². The van der Waals surface area contributed by atoms with Crippen molar-refractivity contribution >= 4 is 10.8 Å². The molecular formula is C20H27NO. The predicted octanol–water partition coefficient (Wildman–Crippen LogP) is 4.87. The summed E-state index contributed by atoms with van der Waals surface area (Å²) in [7, 11) is 0. The number of likely N-dealkylation sites (tertiary alicyclic amines) is 1. The summed E-state index contributed by atoms with van der Waals surface area (Å²) in [6.07, 6.45) is 7.94. The minimum atomic E-state index is 0.832. The van der Waals surface area contributed by atoms with Gasteiger partial charge in [-0.25, -0.2) is 0 Å². The molecule has 0 N–H and O–H groups in total. The number of unbranched alkanes of at least 4 members (excludes halogenated alkanes) is 2. The summed E-state index contributed by atoms with van der Waals surface area (Å²) < 4.78 is 5.89. The lowest BCUT2D eigenvalue weighted by atomic mass is 10.1. The van der Waals surface area contributed by atoms with Crippen molar-refractivity contribution in [1.29, 1.82) is 0 Å². The van der Waals surface area contributed by atoms with Gasteiger partial charge in [-0.2, -0.15) is 0 Å². The van der Waals surface area contributed by atoms with Crippen LogP contribution < -0.4 is 4.74 Å². The first-order chi connectivity index (χ1) is 10.9. The molecule has 22 heavy (non-hydrogen) atoms. The third-order valence-electron chi connectivity index (χ3n) is 4.56.